The maximum atomic E-state index is 8.94. The summed E-state index contributed by atoms with van der Waals surface area (Å²) >= 11 is 0. The Morgan fingerprint density at radius 1 is 1.26 bits per heavy atom. The van der Waals surface area contributed by atoms with E-state index in [2.05, 4.69) is 19.0 Å². The minimum Gasteiger partial charge on any atom is -0.494 e. The molecule has 0 saturated carbocycles. The van der Waals surface area contributed by atoms with Crippen molar-refractivity contribution in [2.24, 2.45) is 5.92 Å². The van der Waals surface area contributed by atoms with E-state index < -0.39 is 0 Å². The van der Waals surface area contributed by atoms with Crippen molar-refractivity contribution in [3.8, 4) is 17.1 Å². The van der Waals surface area contributed by atoms with Crippen molar-refractivity contribution >= 4 is 0 Å². The lowest BCUT2D eigenvalue weighted by Gasteiger charge is -2.08. The van der Waals surface area contributed by atoms with Crippen molar-refractivity contribution in [2.75, 3.05) is 6.61 Å². The van der Waals surface area contributed by atoms with Gasteiger partial charge in [-0.2, -0.15) is 0 Å². The molecule has 2 aromatic rings. The molecule has 1 aromatic carbocycles. The maximum Gasteiger partial charge on any atom is 0.167 e. The number of nitrogens with zero attached hydrogens (tertiary/aromatic N) is 1. The molecule has 0 aliphatic carbocycles. The van der Waals surface area contributed by atoms with Gasteiger partial charge in [0.15, 0.2) is 5.76 Å². The molecular formula is C15H19NO3. The van der Waals surface area contributed by atoms with E-state index in [1.165, 1.54) is 0 Å². The van der Waals surface area contributed by atoms with E-state index in [4.69, 9.17) is 14.4 Å². The highest BCUT2D eigenvalue weighted by atomic mass is 16.5. The van der Waals surface area contributed by atoms with Crippen LogP contribution in [-0.4, -0.2) is 16.9 Å². The van der Waals surface area contributed by atoms with Crippen LogP contribution in [0.5, 0.6) is 5.75 Å². The van der Waals surface area contributed by atoms with E-state index >= 15 is 0 Å². The van der Waals surface area contributed by atoms with Crippen molar-refractivity contribution in [3.05, 3.63) is 36.0 Å². The fourth-order valence-electron chi connectivity index (χ4n) is 1.65. The molecule has 0 spiro atoms. The van der Waals surface area contributed by atoms with E-state index in [1.807, 2.05) is 24.3 Å². The Kier molecular flexibility index (Phi) is 4.58. The molecule has 1 heterocycles. The Hall–Kier alpha value is -1.81. The number of aromatic nitrogens is 1. The normalized spacial score (nSPS) is 10.9. The summed E-state index contributed by atoms with van der Waals surface area (Å²) in [4.78, 5) is 0. The molecule has 4 heteroatoms. The van der Waals surface area contributed by atoms with Crippen LogP contribution in [0.2, 0.25) is 0 Å². The maximum absolute atomic E-state index is 8.94. The molecule has 0 amide bonds. The van der Waals surface area contributed by atoms with Gasteiger partial charge in [0.2, 0.25) is 0 Å². The first-order chi connectivity index (χ1) is 9.19. The van der Waals surface area contributed by atoms with Crippen molar-refractivity contribution in [1.29, 1.82) is 0 Å². The summed E-state index contributed by atoms with van der Waals surface area (Å²) < 4.78 is 10.8. The summed E-state index contributed by atoms with van der Waals surface area (Å²) in [6, 6.07) is 9.40. The first kappa shape index (κ1) is 13.6. The second kappa shape index (κ2) is 6.38. The highest BCUT2D eigenvalue weighted by Crippen LogP contribution is 2.23. The fourth-order valence-corrected chi connectivity index (χ4v) is 1.65. The van der Waals surface area contributed by atoms with Crippen LogP contribution in [0.4, 0.5) is 0 Å². The van der Waals surface area contributed by atoms with Gasteiger partial charge >= 0.3 is 0 Å². The summed E-state index contributed by atoms with van der Waals surface area (Å²) in [6.45, 7) is 4.97. The third kappa shape index (κ3) is 3.83. The lowest BCUT2D eigenvalue weighted by molar-refractivity contribution is 0.267. The molecule has 0 atom stereocenters. The predicted octanol–water partition coefficient (Wildman–Crippen LogP) is 3.26. The van der Waals surface area contributed by atoms with Crippen molar-refractivity contribution in [2.45, 2.75) is 26.9 Å². The molecule has 0 saturated heterocycles. The van der Waals surface area contributed by atoms with Crippen LogP contribution in [0.1, 0.15) is 26.0 Å². The van der Waals surface area contributed by atoms with Crippen LogP contribution < -0.4 is 4.74 Å². The Labute approximate surface area is 113 Å². The minimum atomic E-state index is -0.111. The third-order valence-electron chi connectivity index (χ3n) is 2.82. The zero-order valence-corrected chi connectivity index (χ0v) is 11.3. The van der Waals surface area contributed by atoms with Gasteiger partial charge in [0, 0.05) is 11.6 Å². The molecule has 0 unspecified atom stereocenters. The molecular weight excluding hydrogens is 242 g/mol. The Bertz CT molecular complexity index is 502. The minimum absolute atomic E-state index is 0.111. The predicted molar refractivity (Wildman–Crippen MR) is 72.8 cm³/mol. The number of hydrogen-bond donors (Lipinski definition) is 1. The first-order valence-corrected chi connectivity index (χ1v) is 6.48. The average molecular weight is 261 g/mol. The van der Waals surface area contributed by atoms with Crippen molar-refractivity contribution < 1.29 is 14.4 Å². The topological polar surface area (TPSA) is 55.5 Å². The lowest BCUT2D eigenvalue weighted by atomic mass is 10.1. The standard InChI is InChI=1S/C15H19NO3/c1-11(2)7-8-18-14-5-3-12(4-6-14)15-9-13(10-17)16-19-15/h3-6,9,11,17H,7-8,10H2,1-2H3. The van der Waals surface area contributed by atoms with Crippen LogP contribution in [-0.2, 0) is 6.61 Å². The van der Waals surface area contributed by atoms with Gasteiger partial charge in [-0.3, -0.25) is 0 Å². The summed E-state index contributed by atoms with van der Waals surface area (Å²) in [5.74, 6) is 2.15. The highest BCUT2D eigenvalue weighted by molar-refractivity contribution is 5.58. The van der Waals surface area contributed by atoms with E-state index in [0.717, 1.165) is 24.3 Å². The Morgan fingerprint density at radius 3 is 2.58 bits per heavy atom. The molecule has 2 rings (SSSR count). The number of rotatable bonds is 6. The fraction of sp³-hybridized carbons (Fsp3) is 0.400. The van der Waals surface area contributed by atoms with Gasteiger partial charge in [0.1, 0.15) is 11.4 Å². The molecule has 1 N–H and O–H groups in total. The smallest absolute Gasteiger partial charge is 0.167 e. The van der Waals surface area contributed by atoms with Crippen LogP contribution in [0.3, 0.4) is 0 Å². The highest BCUT2D eigenvalue weighted by Gasteiger charge is 2.06. The summed E-state index contributed by atoms with van der Waals surface area (Å²) in [5, 5.41) is 12.7. The summed E-state index contributed by atoms with van der Waals surface area (Å²) in [6.07, 6.45) is 1.05. The van der Waals surface area contributed by atoms with E-state index in [1.54, 1.807) is 6.07 Å². The van der Waals surface area contributed by atoms with Gasteiger partial charge in [0.25, 0.3) is 0 Å². The largest absolute Gasteiger partial charge is 0.494 e. The lowest BCUT2D eigenvalue weighted by Crippen LogP contribution is -2.01. The quantitative estimate of drug-likeness (QED) is 0.867. The van der Waals surface area contributed by atoms with E-state index in [9.17, 15) is 0 Å². The van der Waals surface area contributed by atoms with Gasteiger partial charge in [-0.1, -0.05) is 19.0 Å². The SMILES string of the molecule is CC(C)CCOc1ccc(-c2cc(CO)no2)cc1. The van der Waals surface area contributed by atoms with Crippen molar-refractivity contribution in [3.63, 3.8) is 0 Å². The average Bonchev–Trinajstić information content (AvgIpc) is 2.88. The van der Waals surface area contributed by atoms with E-state index in [0.29, 0.717) is 17.4 Å². The number of hydrogen-bond acceptors (Lipinski definition) is 4. The number of ether oxygens (including phenoxy) is 1. The molecule has 102 valence electrons. The van der Waals surface area contributed by atoms with Gasteiger partial charge in [-0.25, -0.2) is 0 Å². The molecule has 0 bridgehead atoms. The van der Waals surface area contributed by atoms with Gasteiger partial charge in [0.05, 0.1) is 13.2 Å². The van der Waals surface area contributed by atoms with Gasteiger partial charge in [-0.15, -0.1) is 0 Å². The van der Waals surface area contributed by atoms with Crippen LogP contribution in [0, 0.1) is 5.92 Å². The van der Waals surface area contributed by atoms with Crippen LogP contribution in [0.15, 0.2) is 34.9 Å². The molecule has 0 aliphatic rings. The zero-order chi connectivity index (χ0) is 13.7. The van der Waals surface area contributed by atoms with Crippen LogP contribution in [0.25, 0.3) is 11.3 Å². The molecule has 19 heavy (non-hydrogen) atoms. The van der Waals surface area contributed by atoms with Gasteiger partial charge < -0.3 is 14.4 Å². The number of aliphatic hydroxyl groups is 1. The third-order valence-corrected chi connectivity index (χ3v) is 2.82. The van der Waals surface area contributed by atoms with Crippen LogP contribution >= 0.6 is 0 Å². The second-order valence-corrected chi connectivity index (χ2v) is 4.90. The Balaban J connectivity index is 1.97. The Morgan fingerprint density at radius 2 is 2.00 bits per heavy atom. The first-order valence-electron chi connectivity index (χ1n) is 6.48. The zero-order valence-electron chi connectivity index (χ0n) is 11.3. The number of aliphatic hydroxyl groups excluding tert-OH is 1. The number of benzene rings is 1. The van der Waals surface area contributed by atoms with Crippen molar-refractivity contribution in [1.82, 2.24) is 5.16 Å². The van der Waals surface area contributed by atoms with Gasteiger partial charge in [-0.05, 0) is 36.6 Å². The molecule has 0 fully saturated rings. The molecule has 0 aliphatic heterocycles. The second-order valence-electron chi connectivity index (χ2n) is 4.90. The molecule has 0 radical (unpaired) electrons. The molecule has 4 nitrogen and oxygen atoms in total. The monoisotopic (exact) mass is 261 g/mol. The van der Waals surface area contributed by atoms with E-state index in [-0.39, 0.29) is 6.61 Å². The molecule has 1 aromatic heterocycles. The summed E-state index contributed by atoms with van der Waals surface area (Å²) in [5.41, 5.74) is 1.45. The summed E-state index contributed by atoms with van der Waals surface area (Å²) in [7, 11) is 0.